The highest BCUT2D eigenvalue weighted by molar-refractivity contribution is 8.01. The molecule has 1 fully saturated rings. The van der Waals surface area contributed by atoms with Crippen LogP contribution < -0.4 is 10.2 Å². The van der Waals surface area contributed by atoms with E-state index in [2.05, 4.69) is 17.2 Å². The van der Waals surface area contributed by atoms with Crippen LogP contribution in [0.3, 0.4) is 0 Å². The summed E-state index contributed by atoms with van der Waals surface area (Å²) in [6.45, 7) is 4.52. The Morgan fingerprint density at radius 1 is 1.48 bits per heavy atom. The maximum absolute atomic E-state index is 12.0. The van der Waals surface area contributed by atoms with Gasteiger partial charge in [0.05, 0.1) is 5.69 Å². The Kier molecular flexibility index (Phi) is 5.89. The number of pyridine rings is 1. The van der Waals surface area contributed by atoms with E-state index in [0.29, 0.717) is 12.3 Å². The summed E-state index contributed by atoms with van der Waals surface area (Å²) in [6, 6.07) is 5.82. The molecule has 5 nitrogen and oxygen atoms in total. The van der Waals surface area contributed by atoms with Gasteiger partial charge in [-0.25, -0.2) is 13.4 Å². The van der Waals surface area contributed by atoms with Crippen LogP contribution in [0.25, 0.3) is 0 Å². The largest absolute Gasteiger partial charge is 0.338 e. The topological polar surface area (TPSA) is 62.3 Å². The standard InChI is InChI=1S/C14H23N3O2S2/c1-3-7-15-10-12-5-4-6-13(16-12)17-8-9-20-11-14(17)21(2,18)19/h4-6,14-15H,3,7-11H2,1-2H3. The van der Waals surface area contributed by atoms with Crippen molar-refractivity contribution in [3.63, 3.8) is 0 Å². The third kappa shape index (κ3) is 4.59. The lowest BCUT2D eigenvalue weighted by atomic mass is 10.3. The SMILES string of the molecule is CCCNCc1cccc(N2CCSCC2S(C)(=O)=O)n1. The minimum absolute atomic E-state index is 0.470. The molecular formula is C14H23N3O2S2. The molecule has 2 heterocycles. The van der Waals surface area contributed by atoms with Gasteiger partial charge in [0, 0.05) is 30.9 Å². The first-order chi connectivity index (χ1) is 10.0. The van der Waals surface area contributed by atoms with Gasteiger partial charge in [0.2, 0.25) is 0 Å². The van der Waals surface area contributed by atoms with Crippen LogP contribution >= 0.6 is 11.8 Å². The molecule has 1 saturated heterocycles. The lowest BCUT2D eigenvalue weighted by Gasteiger charge is -2.35. The van der Waals surface area contributed by atoms with Gasteiger partial charge >= 0.3 is 0 Å². The number of anilines is 1. The van der Waals surface area contributed by atoms with E-state index < -0.39 is 15.2 Å². The van der Waals surface area contributed by atoms with Crippen LogP contribution in [-0.2, 0) is 16.4 Å². The molecule has 1 aromatic rings. The van der Waals surface area contributed by atoms with Crippen LogP contribution in [0, 0.1) is 0 Å². The van der Waals surface area contributed by atoms with Crippen molar-refractivity contribution in [1.82, 2.24) is 10.3 Å². The minimum Gasteiger partial charge on any atom is -0.338 e. The maximum Gasteiger partial charge on any atom is 0.169 e. The molecule has 0 radical (unpaired) electrons. The monoisotopic (exact) mass is 329 g/mol. The predicted octanol–water partition coefficient (Wildman–Crippen LogP) is 1.51. The molecule has 1 aliphatic heterocycles. The van der Waals surface area contributed by atoms with Crippen molar-refractivity contribution in [3.8, 4) is 0 Å². The van der Waals surface area contributed by atoms with Crippen molar-refractivity contribution in [2.45, 2.75) is 25.3 Å². The number of rotatable bonds is 6. The molecule has 1 aliphatic rings. The Morgan fingerprint density at radius 3 is 3.00 bits per heavy atom. The van der Waals surface area contributed by atoms with Crippen molar-refractivity contribution in [2.75, 3.05) is 35.8 Å². The number of sulfone groups is 1. The van der Waals surface area contributed by atoms with Crippen LogP contribution in [0.1, 0.15) is 19.0 Å². The van der Waals surface area contributed by atoms with Gasteiger partial charge < -0.3 is 10.2 Å². The summed E-state index contributed by atoms with van der Waals surface area (Å²) in [5.74, 6) is 2.31. The van der Waals surface area contributed by atoms with Gasteiger partial charge in [0.15, 0.2) is 9.84 Å². The smallest absolute Gasteiger partial charge is 0.169 e. The minimum atomic E-state index is -3.11. The van der Waals surface area contributed by atoms with Gasteiger partial charge in [0.1, 0.15) is 11.2 Å². The third-order valence-corrected chi connectivity index (χ3v) is 6.04. The quantitative estimate of drug-likeness (QED) is 0.798. The third-order valence-electron chi connectivity index (χ3n) is 3.40. The first kappa shape index (κ1) is 16.6. The van der Waals surface area contributed by atoms with E-state index in [9.17, 15) is 8.42 Å². The number of nitrogens with one attached hydrogen (secondary N) is 1. The molecule has 0 aromatic carbocycles. The normalized spacial score (nSPS) is 19.7. The second-order valence-electron chi connectivity index (χ2n) is 5.22. The molecule has 7 heteroatoms. The summed E-state index contributed by atoms with van der Waals surface area (Å²) in [4.78, 5) is 6.55. The Labute approximate surface area is 131 Å². The summed E-state index contributed by atoms with van der Waals surface area (Å²) >= 11 is 1.69. The molecule has 0 saturated carbocycles. The van der Waals surface area contributed by atoms with Gasteiger partial charge in [-0.2, -0.15) is 11.8 Å². The zero-order valence-electron chi connectivity index (χ0n) is 12.6. The maximum atomic E-state index is 12.0. The molecule has 21 heavy (non-hydrogen) atoms. The summed E-state index contributed by atoms with van der Waals surface area (Å²) < 4.78 is 23.9. The highest BCUT2D eigenvalue weighted by Crippen LogP contribution is 2.25. The summed E-state index contributed by atoms with van der Waals surface area (Å²) in [5.41, 5.74) is 0.950. The molecule has 118 valence electrons. The first-order valence-corrected chi connectivity index (χ1v) is 10.3. The molecule has 2 rings (SSSR count). The fraction of sp³-hybridized carbons (Fsp3) is 0.643. The van der Waals surface area contributed by atoms with E-state index in [1.54, 1.807) is 11.8 Å². The van der Waals surface area contributed by atoms with Crippen LogP contribution in [0.5, 0.6) is 0 Å². The van der Waals surface area contributed by atoms with Crippen molar-refractivity contribution < 1.29 is 8.42 Å². The average Bonchev–Trinajstić information content (AvgIpc) is 2.47. The second kappa shape index (κ2) is 7.47. The lowest BCUT2D eigenvalue weighted by Crippen LogP contribution is -2.47. The van der Waals surface area contributed by atoms with Crippen molar-refractivity contribution in [1.29, 1.82) is 0 Å². The van der Waals surface area contributed by atoms with Crippen molar-refractivity contribution in [3.05, 3.63) is 23.9 Å². The highest BCUT2D eigenvalue weighted by Gasteiger charge is 2.31. The summed E-state index contributed by atoms with van der Waals surface area (Å²) in [5, 5.41) is 2.85. The molecular weight excluding hydrogens is 306 g/mol. The Balaban J connectivity index is 2.17. The van der Waals surface area contributed by atoms with Crippen LogP contribution in [0.4, 0.5) is 5.82 Å². The molecule has 1 atom stereocenters. The molecule has 0 amide bonds. The fourth-order valence-corrected chi connectivity index (χ4v) is 5.14. The highest BCUT2D eigenvalue weighted by atomic mass is 32.2. The van der Waals surface area contributed by atoms with Gasteiger partial charge in [-0.1, -0.05) is 13.0 Å². The predicted molar refractivity (Wildman–Crippen MR) is 89.5 cm³/mol. The zero-order chi connectivity index (χ0) is 15.3. The average molecular weight is 329 g/mol. The Bertz CT molecular complexity index is 563. The number of hydrogen-bond acceptors (Lipinski definition) is 6. The van der Waals surface area contributed by atoms with E-state index >= 15 is 0 Å². The lowest BCUT2D eigenvalue weighted by molar-refractivity contribution is 0.583. The summed E-state index contributed by atoms with van der Waals surface area (Å²) in [6.07, 6.45) is 2.39. The van der Waals surface area contributed by atoms with Gasteiger partial charge in [0.25, 0.3) is 0 Å². The van der Waals surface area contributed by atoms with E-state index in [0.717, 1.165) is 36.8 Å². The molecule has 1 unspecified atom stereocenters. The Hall–Kier alpha value is -0.790. The van der Waals surface area contributed by atoms with E-state index in [1.165, 1.54) is 6.26 Å². The van der Waals surface area contributed by atoms with Crippen LogP contribution in [0.2, 0.25) is 0 Å². The van der Waals surface area contributed by atoms with Gasteiger partial charge in [-0.3, -0.25) is 0 Å². The molecule has 1 aromatic heterocycles. The van der Waals surface area contributed by atoms with Crippen molar-refractivity contribution >= 4 is 27.4 Å². The molecule has 0 bridgehead atoms. The number of aromatic nitrogens is 1. The van der Waals surface area contributed by atoms with Crippen LogP contribution in [-0.4, -0.2) is 49.6 Å². The zero-order valence-corrected chi connectivity index (χ0v) is 14.2. The van der Waals surface area contributed by atoms with Crippen molar-refractivity contribution in [2.24, 2.45) is 0 Å². The van der Waals surface area contributed by atoms with E-state index in [4.69, 9.17) is 0 Å². The Morgan fingerprint density at radius 2 is 2.29 bits per heavy atom. The fourth-order valence-electron chi connectivity index (χ4n) is 2.32. The molecule has 0 spiro atoms. The van der Waals surface area contributed by atoms with Gasteiger partial charge in [-0.05, 0) is 25.1 Å². The second-order valence-corrected chi connectivity index (χ2v) is 8.57. The first-order valence-electron chi connectivity index (χ1n) is 7.22. The number of nitrogens with zero attached hydrogens (tertiary/aromatic N) is 2. The van der Waals surface area contributed by atoms with E-state index in [1.807, 2.05) is 23.1 Å². The van der Waals surface area contributed by atoms with Gasteiger partial charge in [-0.15, -0.1) is 0 Å². The van der Waals surface area contributed by atoms with E-state index in [-0.39, 0.29) is 0 Å². The van der Waals surface area contributed by atoms with Crippen LogP contribution in [0.15, 0.2) is 18.2 Å². The molecule has 1 N–H and O–H groups in total. The number of hydrogen-bond donors (Lipinski definition) is 1. The number of thioether (sulfide) groups is 1. The molecule has 0 aliphatic carbocycles. The summed E-state index contributed by atoms with van der Waals surface area (Å²) in [7, 11) is -3.11.